The molecule has 182 valence electrons. The predicted molar refractivity (Wildman–Crippen MR) is 129 cm³/mol. The van der Waals surface area contributed by atoms with E-state index in [1.165, 1.54) is 67.7 Å². The third-order valence-corrected chi connectivity index (χ3v) is 5.77. The summed E-state index contributed by atoms with van der Waals surface area (Å²) in [6.45, 7) is 0. The molecule has 1 saturated heterocycles. The molecule has 1 heterocycles. The lowest BCUT2D eigenvalue weighted by molar-refractivity contribution is -0.384. The number of aliphatic hydroxyl groups is 1. The van der Waals surface area contributed by atoms with Gasteiger partial charge in [0, 0.05) is 23.4 Å². The number of hydrogen-bond donors (Lipinski definition) is 1. The van der Waals surface area contributed by atoms with Gasteiger partial charge >= 0.3 is 5.97 Å². The van der Waals surface area contributed by atoms with Crippen molar-refractivity contribution in [3.05, 3.63) is 105 Å². The molecule has 4 rings (SSSR count). The number of nitro groups is 1. The summed E-state index contributed by atoms with van der Waals surface area (Å²) in [6, 6.07) is 16.5. The van der Waals surface area contributed by atoms with Crippen LogP contribution < -0.4 is 9.64 Å². The fourth-order valence-electron chi connectivity index (χ4n) is 4.00. The third-order valence-electron chi connectivity index (χ3n) is 5.77. The number of carbonyl (C=O) groups excluding carboxylic acids is 3. The van der Waals surface area contributed by atoms with Gasteiger partial charge in [0.05, 0.1) is 36.3 Å². The van der Waals surface area contributed by atoms with Gasteiger partial charge in [0.25, 0.3) is 17.4 Å². The van der Waals surface area contributed by atoms with Crippen LogP contribution in [0.3, 0.4) is 0 Å². The maximum Gasteiger partial charge on any atom is 0.337 e. The Bertz CT molecular complexity index is 1390. The smallest absolute Gasteiger partial charge is 0.337 e. The first-order valence-electron chi connectivity index (χ1n) is 10.6. The Balaban J connectivity index is 1.89. The number of non-ortho nitro benzene ring substituents is 1. The number of amides is 1. The molecule has 0 saturated carbocycles. The van der Waals surface area contributed by atoms with Gasteiger partial charge in [-0.2, -0.15) is 0 Å². The minimum absolute atomic E-state index is 0.132. The summed E-state index contributed by atoms with van der Waals surface area (Å²) in [6.07, 6.45) is 0. The van der Waals surface area contributed by atoms with E-state index in [0.717, 1.165) is 0 Å². The average molecular weight is 488 g/mol. The highest BCUT2D eigenvalue weighted by Gasteiger charge is 2.47. The number of ketones is 1. The Kier molecular flexibility index (Phi) is 6.51. The molecule has 10 heteroatoms. The Labute approximate surface area is 205 Å². The molecule has 1 aliphatic heterocycles. The molecule has 1 aliphatic rings. The summed E-state index contributed by atoms with van der Waals surface area (Å²) in [5.41, 5.74) is 0.782. The standard InChI is InChI=1S/C26H20N2O8/c1-35-20-5-3-4-17(14-20)22-21(23(29)15-6-12-19(13-7-15)28(33)34)24(30)25(31)27(22)18-10-8-16(9-11-18)26(32)36-2/h3-14,22,29H,1-2H3/b23-21-. The van der Waals surface area contributed by atoms with Gasteiger partial charge < -0.3 is 14.6 Å². The second-order valence-electron chi connectivity index (χ2n) is 7.79. The van der Waals surface area contributed by atoms with Crippen molar-refractivity contribution in [3.8, 4) is 5.75 Å². The van der Waals surface area contributed by atoms with Crippen LogP contribution in [0.2, 0.25) is 0 Å². The van der Waals surface area contributed by atoms with E-state index < -0.39 is 34.4 Å². The summed E-state index contributed by atoms with van der Waals surface area (Å²) in [5.74, 6) is -2.40. The third kappa shape index (κ3) is 4.27. The van der Waals surface area contributed by atoms with E-state index in [2.05, 4.69) is 0 Å². The quantitative estimate of drug-likeness (QED) is 0.137. The number of benzene rings is 3. The maximum atomic E-state index is 13.2. The number of hydrogen-bond acceptors (Lipinski definition) is 8. The molecular weight excluding hydrogens is 468 g/mol. The van der Waals surface area contributed by atoms with Crippen molar-refractivity contribution in [2.75, 3.05) is 19.1 Å². The molecule has 3 aromatic rings. The number of nitro benzene ring substituents is 1. The minimum atomic E-state index is -1.04. The summed E-state index contributed by atoms with van der Waals surface area (Å²) in [7, 11) is 2.72. The Morgan fingerprint density at radius 3 is 2.19 bits per heavy atom. The van der Waals surface area contributed by atoms with Gasteiger partial charge in [-0.1, -0.05) is 12.1 Å². The molecule has 0 spiro atoms. The summed E-state index contributed by atoms with van der Waals surface area (Å²) >= 11 is 0. The van der Waals surface area contributed by atoms with Crippen molar-refractivity contribution in [1.29, 1.82) is 0 Å². The van der Waals surface area contributed by atoms with Crippen LogP contribution in [0.15, 0.2) is 78.4 Å². The summed E-state index contributed by atoms with van der Waals surface area (Å²) in [4.78, 5) is 49.9. The average Bonchev–Trinajstić information content (AvgIpc) is 3.18. The van der Waals surface area contributed by atoms with E-state index in [1.807, 2.05) is 0 Å². The lowest BCUT2D eigenvalue weighted by Gasteiger charge is -2.26. The topological polar surface area (TPSA) is 136 Å². The van der Waals surface area contributed by atoms with Crippen LogP contribution in [0, 0.1) is 10.1 Å². The Hall–Kier alpha value is -4.99. The second-order valence-corrected chi connectivity index (χ2v) is 7.79. The van der Waals surface area contributed by atoms with E-state index in [4.69, 9.17) is 9.47 Å². The minimum Gasteiger partial charge on any atom is -0.507 e. The molecule has 1 atom stereocenters. The van der Waals surface area contributed by atoms with Crippen molar-refractivity contribution in [3.63, 3.8) is 0 Å². The van der Waals surface area contributed by atoms with E-state index in [0.29, 0.717) is 17.0 Å². The molecule has 36 heavy (non-hydrogen) atoms. The van der Waals surface area contributed by atoms with Crippen molar-refractivity contribution >= 4 is 34.8 Å². The highest BCUT2D eigenvalue weighted by atomic mass is 16.6. The largest absolute Gasteiger partial charge is 0.507 e. The van der Waals surface area contributed by atoms with Gasteiger partial charge in [0.15, 0.2) is 0 Å². The van der Waals surface area contributed by atoms with Crippen molar-refractivity contribution in [1.82, 2.24) is 0 Å². The Morgan fingerprint density at radius 1 is 0.972 bits per heavy atom. The number of carbonyl (C=O) groups is 3. The molecule has 1 amide bonds. The zero-order valence-electron chi connectivity index (χ0n) is 19.2. The predicted octanol–water partition coefficient (Wildman–Crippen LogP) is 4.02. The van der Waals surface area contributed by atoms with E-state index in [1.54, 1.807) is 24.3 Å². The van der Waals surface area contributed by atoms with Crippen LogP contribution in [0.25, 0.3) is 5.76 Å². The van der Waals surface area contributed by atoms with Gasteiger partial charge in [-0.15, -0.1) is 0 Å². The fourth-order valence-corrected chi connectivity index (χ4v) is 4.00. The number of ether oxygens (including phenoxy) is 2. The molecule has 1 fully saturated rings. The van der Waals surface area contributed by atoms with Crippen LogP contribution in [-0.4, -0.2) is 41.9 Å². The zero-order valence-corrected chi connectivity index (χ0v) is 19.2. The fraction of sp³-hybridized carbons (Fsp3) is 0.115. The first-order chi connectivity index (χ1) is 17.3. The highest BCUT2D eigenvalue weighted by Crippen LogP contribution is 2.43. The van der Waals surface area contributed by atoms with Crippen LogP contribution in [0.4, 0.5) is 11.4 Å². The highest BCUT2D eigenvalue weighted by molar-refractivity contribution is 6.51. The van der Waals surface area contributed by atoms with Crippen LogP contribution in [0.5, 0.6) is 5.75 Å². The van der Waals surface area contributed by atoms with Gasteiger partial charge in [0.1, 0.15) is 11.5 Å². The summed E-state index contributed by atoms with van der Waals surface area (Å²) in [5, 5.41) is 22.1. The number of esters is 1. The molecule has 1 N–H and O–H groups in total. The van der Waals surface area contributed by atoms with Crippen LogP contribution in [0.1, 0.15) is 27.5 Å². The molecule has 10 nitrogen and oxygen atoms in total. The number of nitrogens with zero attached hydrogens (tertiary/aromatic N) is 2. The summed E-state index contributed by atoms with van der Waals surface area (Å²) < 4.78 is 10.0. The van der Waals surface area contributed by atoms with E-state index in [9.17, 15) is 29.6 Å². The number of rotatable bonds is 6. The normalized spacial score (nSPS) is 16.6. The van der Waals surface area contributed by atoms with Crippen molar-refractivity contribution in [2.24, 2.45) is 0 Å². The molecular formula is C26H20N2O8. The zero-order chi connectivity index (χ0) is 26.0. The second kappa shape index (κ2) is 9.71. The molecule has 3 aromatic carbocycles. The number of aliphatic hydroxyl groups excluding tert-OH is 1. The van der Waals surface area contributed by atoms with Gasteiger partial charge in [0.2, 0.25) is 0 Å². The van der Waals surface area contributed by atoms with Crippen molar-refractivity contribution < 1.29 is 33.9 Å². The number of anilines is 1. The van der Waals surface area contributed by atoms with Crippen LogP contribution in [-0.2, 0) is 14.3 Å². The lowest BCUT2D eigenvalue weighted by Crippen LogP contribution is -2.29. The van der Waals surface area contributed by atoms with Gasteiger partial charge in [-0.3, -0.25) is 24.6 Å². The Morgan fingerprint density at radius 2 is 1.61 bits per heavy atom. The van der Waals surface area contributed by atoms with E-state index in [-0.39, 0.29) is 22.4 Å². The monoisotopic (exact) mass is 488 g/mol. The lowest BCUT2D eigenvalue weighted by atomic mass is 9.95. The maximum absolute atomic E-state index is 13.2. The number of Topliss-reactive ketones (excluding diaryl/α,β-unsaturated/α-hetero) is 1. The molecule has 0 aromatic heterocycles. The first kappa shape index (κ1) is 24.1. The molecule has 1 unspecified atom stereocenters. The molecule has 0 bridgehead atoms. The number of methoxy groups -OCH3 is 2. The van der Waals surface area contributed by atoms with E-state index >= 15 is 0 Å². The SMILES string of the molecule is COC(=O)c1ccc(N2C(=O)C(=O)/C(=C(\O)c3ccc([N+](=O)[O-])cc3)C2c2cccc(OC)c2)cc1. The molecule has 0 radical (unpaired) electrons. The van der Waals surface area contributed by atoms with Gasteiger partial charge in [-0.05, 0) is 54.1 Å². The first-order valence-corrected chi connectivity index (χ1v) is 10.6. The van der Waals surface area contributed by atoms with Gasteiger partial charge in [-0.25, -0.2) is 4.79 Å². The van der Waals surface area contributed by atoms with Crippen LogP contribution >= 0.6 is 0 Å². The van der Waals surface area contributed by atoms with Crippen molar-refractivity contribution in [2.45, 2.75) is 6.04 Å². The molecule has 0 aliphatic carbocycles.